The smallest absolute Gasteiger partial charge is 0.315 e. The second-order valence-electron chi connectivity index (χ2n) is 6.29. The van der Waals surface area contributed by atoms with Gasteiger partial charge in [0.2, 0.25) is 5.78 Å². The molecule has 0 unspecified atom stereocenters. The first kappa shape index (κ1) is 18.0. The Kier molecular flexibility index (Phi) is 4.96. The zero-order chi connectivity index (χ0) is 19.5. The fourth-order valence-corrected chi connectivity index (χ4v) is 2.99. The summed E-state index contributed by atoms with van der Waals surface area (Å²) >= 11 is 5.84. The van der Waals surface area contributed by atoms with Crippen LogP contribution >= 0.6 is 11.6 Å². The number of hydrogen-bond acceptors (Lipinski definition) is 4. The first-order valence-corrected chi connectivity index (χ1v) is 9.05. The first-order valence-electron chi connectivity index (χ1n) is 8.67. The van der Waals surface area contributed by atoms with Crippen molar-refractivity contribution in [1.82, 2.24) is 0 Å². The van der Waals surface area contributed by atoms with Crippen LogP contribution < -0.4 is 9.47 Å². The molecule has 0 N–H and O–H groups in total. The highest BCUT2D eigenvalue weighted by Crippen LogP contribution is 2.35. The molecule has 0 aromatic heterocycles. The lowest BCUT2D eigenvalue weighted by atomic mass is 10.1. The van der Waals surface area contributed by atoms with E-state index in [1.165, 1.54) is 0 Å². The van der Waals surface area contributed by atoms with E-state index in [4.69, 9.17) is 21.1 Å². The number of carbonyl (C=O) groups excluding carboxylic acids is 2. The lowest BCUT2D eigenvalue weighted by molar-refractivity contribution is -0.133. The van der Waals surface area contributed by atoms with Crippen LogP contribution in [0, 0.1) is 0 Å². The molecule has 1 aliphatic heterocycles. The molecule has 0 fully saturated rings. The van der Waals surface area contributed by atoms with Crippen molar-refractivity contribution in [2.24, 2.45) is 0 Å². The van der Waals surface area contributed by atoms with Crippen molar-refractivity contribution < 1.29 is 19.1 Å². The predicted molar refractivity (Wildman–Crippen MR) is 107 cm³/mol. The van der Waals surface area contributed by atoms with E-state index >= 15 is 0 Å². The van der Waals surface area contributed by atoms with E-state index in [0.717, 1.165) is 11.1 Å². The van der Waals surface area contributed by atoms with Crippen molar-refractivity contribution in [2.75, 3.05) is 0 Å². The molecule has 1 aliphatic rings. The zero-order valence-electron chi connectivity index (χ0n) is 14.7. The van der Waals surface area contributed by atoms with Gasteiger partial charge >= 0.3 is 5.97 Å². The van der Waals surface area contributed by atoms with E-state index in [1.54, 1.807) is 48.5 Å². The van der Waals surface area contributed by atoms with Gasteiger partial charge in [0.1, 0.15) is 11.5 Å². The second kappa shape index (κ2) is 7.71. The monoisotopic (exact) mass is 390 g/mol. The quantitative estimate of drug-likeness (QED) is 0.353. The average molecular weight is 391 g/mol. The van der Waals surface area contributed by atoms with Crippen molar-refractivity contribution in [1.29, 1.82) is 0 Å². The number of carbonyl (C=O) groups is 2. The predicted octanol–water partition coefficient (Wildman–Crippen LogP) is 5.10. The number of esters is 1. The highest BCUT2D eigenvalue weighted by Gasteiger charge is 2.28. The molecule has 0 radical (unpaired) electrons. The summed E-state index contributed by atoms with van der Waals surface area (Å²) in [4.78, 5) is 24.7. The van der Waals surface area contributed by atoms with E-state index in [9.17, 15) is 9.59 Å². The van der Waals surface area contributed by atoms with Crippen LogP contribution in [0.5, 0.6) is 11.5 Å². The van der Waals surface area contributed by atoms with Crippen LogP contribution in [-0.4, -0.2) is 11.8 Å². The van der Waals surface area contributed by atoms with Gasteiger partial charge in [-0.2, -0.15) is 0 Å². The fraction of sp³-hybridized carbons (Fsp3) is 0.0435. The van der Waals surface area contributed by atoms with Gasteiger partial charge in [-0.3, -0.25) is 9.59 Å². The lowest BCUT2D eigenvalue weighted by Crippen LogP contribution is -2.11. The van der Waals surface area contributed by atoms with Crippen LogP contribution in [0.15, 0.2) is 78.6 Å². The summed E-state index contributed by atoms with van der Waals surface area (Å²) < 4.78 is 11.1. The highest BCUT2D eigenvalue weighted by molar-refractivity contribution is 6.30. The van der Waals surface area contributed by atoms with Crippen LogP contribution in [0.4, 0.5) is 0 Å². The van der Waals surface area contributed by atoms with E-state index in [-0.39, 0.29) is 18.0 Å². The number of Topliss-reactive ketones (excluding diaryl/α,β-unsaturated/α-hetero) is 1. The van der Waals surface area contributed by atoms with Crippen molar-refractivity contribution in [3.05, 3.63) is 100 Å². The van der Waals surface area contributed by atoms with Crippen LogP contribution in [0.3, 0.4) is 0 Å². The molecule has 0 saturated carbocycles. The lowest BCUT2D eigenvalue weighted by Gasteiger charge is -2.06. The summed E-state index contributed by atoms with van der Waals surface area (Å²) in [6.07, 6.45) is 1.81. The molecular formula is C23H15ClO4. The number of halogens is 1. The van der Waals surface area contributed by atoms with Crippen molar-refractivity contribution >= 4 is 29.4 Å². The molecule has 1 heterocycles. The van der Waals surface area contributed by atoms with E-state index in [0.29, 0.717) is 22.1 Å². The van der Waals surface area contributed by atoms with Gasteiger partial charge in [-0.05, 0) is 41.5 Å². The number of fused-ring (bicyclic) bond motifs is 1. The molecule has 0 spiro atoms. The van der Waals surface area contributed by atoms with Crippen LogP contribution in [0.1, 0.15) is 21.5 Å². The maximum atomic E-state index is 12.5. The molecule has 4 rings (SSSR count). The Morgan fingerprint density at radius 1 is 1.00 bits per heavy atom. The molecule has 0 atom stereocenters. The molecule has 4 nitrogen and oxygen atoms in total. The first-order chi connectivity index (χ1) is 13.6. The third-order valence-corrected chi connectivity index (χ3v) is 4.48. The highest BCUT2D eigenvalue weighted by atomic mass is 35.5. The topological polar surface area (TPSA) is 52.6 Å². The molecule has 3 aromatic rings. The number of rotatable bonds is 4. The molecule has 3 aromatic carbocycles. The maximum Gasteiger partial charge on any atom is 0.315 e. The maximum absolute atomic E-state index is 12.5. The molecule has 5 heteroatoms. The largest absolute Gasteiger partial charge is 0.452 e. The number of ketones is 1. The van der Waals surface area contributed by atoms with Gasteiger partial charge in [0.15, 0.2) is 5.76 Å². The number of ether oxygens (including phenoxy) is 2. The van der Waals surface area contributed by atoms with E-state index < -0.39 is 5.97 Å². The minimum atomic E-state index is -0.411. The molecule has 0 aliphatic carbocycles. The van der Waals surface area contributed by atoms with Crippen LogP contribution in [0.25, 0.3) is 6.08 Å². The van der Waals surface area contributed by atoms with Crippen molar-refractivity contribution in [3.63, 3.8) is 0 Å². The number of benzene rings is 3. The Balaban J connectivity index is 1.47. The summed E-state index contributed by atoms with van der Waals surface area (Å²) in [6, 6.07) is 21.2. The Morgan fingerprint density at radius 3 is 2.50 bits per heavy atom. The third kappa shape index (κ3) is 3.97. The number of hydrogen-bond donors (Lipinski definition) is 0. The van der Waals surface area contributed by atoms with Crippen LogP contribution in [-0.2, 0) is 11.2 Å². The summed E-state index contributed by atoms with van der Waals surface area (Å²) in [5.74, 6) is 0.339. The molecule has 28 heavy (non-hydrogen) atoms. The van der Waals surface area contributed by atoms with Gasteiger partial charge in [-0.15, -0.1) is 0 Å². The molecule has 0 saturated heterocycles. The van der Waals surface area contributed by atoms with Gasteiger partial charge in [0.05, 0.1) is 12.0 Å². The molecule has 0 amide bonds. The Hall–Kier alpha value is -3.37. The van der Waals surface area contributed by atoms with Crippen LogP contribution in [0.2, 0.25) is 5.02 Å². The Bertz CT molecular complexity index is 1070. The van der Waals surface area contributed by atoms with Crippen molar-refractivity contribution in [2.45, 2.75) is 6.42 Å². The van der Waals surface area contributed by atoms with Gasteiger partial charge in [0, 0.05) is 11.1 Å². The minimum absolute atomic E-state index is 0.118. The van der Waals surface area contributed by atoms with E-state index in [1.807, 2.05) is 30.3 Å². The SMILES string of the molecule is O=C(Cc1ccc(Cl)cc1)Oc1ccc2c(c1)O/C(=C\c1ccccc1)C2=O. The standard InChI is InChI=1S/C23H15ClO4/c24-17-8-6-16(7-9-17)13-22(25)27-18-10-11-19-20(14-18)28-21(23(19)26)12-15-4-2-1-3-5-15/h1-12,14H,13H2/b21-12-. The molecular weight excluding hydrogens is 376 g/mol. The third-order valence-electron chi connectivity index (χ3n) is 4.23. The zero-order valence-corrected chi connectivity index (χ0v) is 15.5. The van der Waals surface area contributed by atoms with Gasteiger partial charge in [0.25, 0.3) is 0 Å². The van der Waals surface area contributed by atoms with Crippen molar-refractivity contribution in [3.8, 4) is 11.5 Å². The second-order valence-corrected chi connectivity index (χ2v) is 6.72. The summed E-state index contributed by atoms with van der Waals surface area (Å²) in [6.45, 7) is 0. The Morgan fingerprint density at radius 2 is 1.75 bits per heavy atom. The summed E-state index contributed by atoms with van der Waals surface area (Å²) in [5, 5.41) is 0.608. The average Bonchev–Trinajstić information content (AvgIpc) is 2.99. The molecule has 0 bridgehead atoms. The molecule has 138 valence electrons. The van der Waals surface area contributed by atoms with E-state index in [2.05, 4.69) is 0 Å². The summed E-state index contributed by atoms with van der Waals surface area (Å²) in [5.41, 5.74) is 2.11. The van der Waals surface area contributed by atoms with Gasteiger partial charge in [-0.25, -0.2) is 0 Å². The fourth-order valence-electron chi connectivity index (χ4n) is 2.87. The normalized spacial score (nSPS) is 13.9. The summed E-state index contributed by atoms with van der Waals surface area (Å²) in [7, 11) is 0. The minimum Gasteiger partial charge on any atom is -0.452 e. The number of allylic oxidation sites excluding steroid dienone is 1. The van der Waals surface area contributed by atoms with Gasteiger partial charge in [-0.1, -0.05) is 54.1 Å². The Labute approximate surface area is 167 Å². The van der Waals surface area contributed by atoms with Gasteiger partial charge < -0.3 is 9.47 Å².